The molecule has 2 fully saturated rings. The molecular weight excluding hydrogens is 238 g/mol. The normalized spacial score (nSPS) is 25.4. The highest BCUT2D eigenvalue weighted by atomic mass is 16.4. The van der Waals surface area contributed by atoms with Gasteiger partial charge in [-0.05, 0) is 42.7 Å². The van der Waals surface area contributed by atoms with E-state index in [1.165, 1.54) is 12.0 Å². The maximum atomic E-state index is 10.9. The number of benzene rings is 1. The summed E-state index contributed by atoms with van der Waals surface area (Å²) in [6.07, 6.45) is 3.73. The number of hydrogen-bond acceptors (Lipinski definition) is 2. The molecule has 1 aromatic carbocycles. The zero-order valence-corrected chi connectivity index (χ0v) is 11.2. The summed E-state index contributed by atoms with van der Waals surface area (Å²) in [6, 6.07) is 10.7. The maximum Gasteiger partial charge on any atom is 0.303 e. The Bertz CT molecular complexity index is 453. The Morgan fingerprint density at radius 2 is 2.05 bits per heavy atom. The molecule has 1 aliphatic carbocycles. The van der Waals surface area contributed by atoms with E-state index >= 15 is 0 Å². The Morgan fingerprint density at radius 1 is 1.32 bits per heavy atom. The smallest absolute Gasteiger partial charge is 0.303 e. The van der Waals surface area contributed by atoms with Crippen LogP contribution in [0.4, 0.5) is 0 Å². The van der Waals surface area contributed by atoms with Crippen molar-refractivity contribution in [3.8, 4) is 0 Å². The highest BCUT2D eigenvalue weighted by molar-refractivity contribution is 5.68. The molecule has 0 spiro atoms. The Kier molecular flexibility index (Phi) is 3.31. The fraction of sp³-hybridized carbons (Fsp3) is 0.562. The zero-order valence-electron chi connectivity index (χ0n) is 11.2. The van der Waals surface area contributed by atoms with E-state index < -0.39 is 5.97 Å². The van der Waals surface area contributed by atoms with Crippen LogP contribution in [-0.4, -0.2) is 35.6 Å². The highest BCUT2D eigenvalue weighted by Gasteiger charge is 2.46. The van der Waals surface area contributed by atoms with Crippen molar-refractivity contribution < 1.29 is 9.90 Å². The first kappa shape index (κ1) is 12.7. The van der Waals surface area contributed by atoms with E-state index in [4.69, 9.17) is 5.11 Å². The molecule has 0 radical (unpaired) electrons. The lowest BCUT2D eigenvalue weighted by Gasteiger charge is -2.22. The van der Waals surface area contributed by atoms with E-state index in [0.717, 1.165) is 32.5 Å². The highest BCUT2D eigenvalue weighted by Crippen LogP contribution is 2.50. The molecule has 3 nitrogen and oxygen atoms in total. The van der Waals surface area contributed by atoms with Crippen molar-refractivity contribution in [3.63, 3.8) is 0 Å². The first-order valence-electron chi connectivity index (χ1n) is 7.16. The molecule has 102 valence electrons. The largest absolute Gasteiger partial charge is 0.481 e. The van der Waals surface area contributed by atoms with Gasteiger partial charge in [0.1, 0.15) is 0 Å². The molecule has 1 aromatic rings. The number of nitrogens with zero attached hydrogens (tertiary/aromatic N) is 1. The van der Waals surface area contributed by atoms with E-state index in [9.17, 15) is 4.79 Å². The molecule has 0 bridgehead atoms. The van der Waals surface area contributed by atoms with Gasteiger partial charge in [0.15, 0.2) is 0 Å². The molecule has 0 amide bonds. The summed E-state index contributed by atoms with van der Waals surface area (Å²) < 4.78 is 0. The number of likely N-dealkylation sites (tertiary alicyclic amines) is 1. The van der Waals surface area contributed by atoms with Crippen molar-refractivity contribution in [1.82, 2.24) is 4.90 Å². The average Bonchev–Trinajstić information content (AvgIpc) is 2.97. The van der Waals surface area contributed by atoms with Crippen molar-refractivity contribution in [3.05, 3.63) is 35.9 Å². The van der Waals surface area contributed by atoms with Crippen molar-refractivity contribution in [2.45, 2.75) is 31.6 Å². The predicted molar refractivity (Wildman–Crippen MR) is 74.2 cm³/mol. The van der Waals surface area contributed by atoms with Gasteiger partial charge in [-0.3, -0.25) is 4.79 Å². The van der Waals surface area contributed by atoms with Crippen LogP contribution >= 0.6 is 0 Å². The Balaban J connectivity index is 1.57. The van der Waals surface area contributed by atoms with Crippen molar-refractivity contribution >= 4 is 5.97 Å². The van der Waals surface area contributed by atoms with Gasteiger partial charge in [0.25, 0.3) is 0 Å². The lowest BCUT2D eigenvalue weighted by atomic mass is 9.98. The summed E-state index contributed by atoms with van der Waals surface area (Å²) >= 11 is 0. The van der Waals surface area contributed by atoms with Gasteiger partial charge in [0, 0.05) is 13.1 Å². The number of rotatable bonds is 5. The van der Waals surface area contributed by atoms with E-state index in [1.807, 2.05) is 0 Å². The lowest BCUT2D eigenvalue weighted by Crippen LogP contribution is -2.29. The van der Waals surface area contributed by atoms with Gasteiger partial charge in [0.2, 0.25) is 0 Å². The minimum Gasteiger partial charge on any atom is -0.481 e. The third kappa shape index (κ3) is 2.98. The number of carboxylic acid groups (broad SMARTS) is 1. The third-order valence-electron chi connectivity index (χ3n) is 4.59. The predicted octanol–water partition coefficient (Wildman–Crippen LogP) is 2.73. The van der Waals surface area contributed by atoms with Crippen LogP contribution in [0.1, 0.15) is 37.2 Å². The summed E-state index contributed by atoms with van der Waals surface area (Å²) in [6.45, 7) is 3.18. The summed E-state index contributed by atoms with van der Waals surface area (Å²) in [5.41, 5.74) is 1.52. The maximum absolute atomic E-state index is 10.9. The van der Waals surface area contributed by atoms with Gasteiger partial charge in [0.05, 0.1) is 6.42 Å². The molecule has 1 atom stereocenters. The standard InChI is InChI=1S/C16H21NO2/c18-15(19)10-16(7-8-16)12-17-9-6-14(11-17)13-4-2-1-3-5-13/h1-5,14H,6-12H2,(H,18,19). The van der Waals surface area contributed by atoms with Gasteiger partial charge < -0.3 is 10.0 Å². The van der Waals surface area contributed by atoms with Crippen molar-refractivity contribution in [2.24, 2.45) is 5.41 Å². The first-order chi connectivity index (χ1) is 9.17. The minimum atomic E-state index is -0.642. The Morgan fingerprint density at radius 3 is 2.68 bits per heavy atom. The van der Waals surface area contributed by atoms with Crippen LogP contribution in [0.2, 0.25) is 0 Å². The van der Waals surface area contributed by atoms with Crippen LogP contribution in [0.25, 0.3) is 0 Å². The Hall–Kier alpha value is -1.35. The van der Waals surface area contributed by atoms with Crippen molar-refractivity contribution in [1.29, 1.82) is 0 Å². The van der Waals surface area contributed by atoms with Gasteiger partial charge in [-0.25, -0.2) is 0 Å². The van der Waals surface area contributed by atoms with Gasteiger partial charge >= 0.3 is 5.97 Å². The monoisotopic (exact) mass is 259 g/mol. The number of hydrogen-bond donors (Lipinski definition) is 1. The molecule has 3 rings (SSSR count). The molecule has 3 heteroatoms. The molecule has 1 saturated heterocycles. The van der Waals surface area contributed by atoms with Crippen LogP contribution in [0, 0.1) is 5.41 Å². The molecule has 19 heavy (non-hydrogen) atoms. The fourth-order valence-corrected chi connectivity index (χ4v) is 3.34. The third-order valence-corrected chi connectivity index (χ3v) is 4.59. The molecule has 1 N–H and O–H groups in total. The van der Waals surface area contributed by atoms with Crippen LogP contribution < -0.4 is 0 Å². The second-order valence-electron chi connectivity index (χ2n) is 6.20. The van der Waals surface area contributed by atoms with Gasteiger partial charge in [-0.1, -0.05) is 30.3 Å². The Labute approximate surface area is 114 Å². The number of carboxylic acids is 1. The molecule has 1 unspecified atom stereocenters. The molecule has 1 saturated carbocycles. The first-order valence-corrected chi connectivity index (χ1v) is 7.16. The SMILES string of the molecule is O=C(O)CC1(CN2CCC(c3ccccc3)C2)CC1. The van der Waals surface area contributed by atoms with Crippen LogP contribution in [0.15, 0.2) is 30.3 Å². The molecule has 1 heterocycles. The summed E-state index contributed by atoms with van der Waals surface area (Å²) in [7, 11) is 0. The second kappa shape index (κ2) is 4.97. The molecular formula is C16H21NO2. The molecule has 0 aromatic heterocycles. The van der Waals surface area contributed by atoms with E-state index in [1.54, 1.807) is 0 Å². The topological polar surface area (TPSA) is 40.5 Å². The minimum absolute atomic E-state index is 0.0947. The van der Waals surface area contributed by atoms with Gasteiger partial charge in [-0.15, -0.1) is 0 Å². The second-order valence-corrected chi connectivity index (χ2v) is 6.20. The molecule has 1 aliphatic heterocycles. The molecule has 2 aliphatic rings. The van der Waals surface area contributed by atoms with E-state index in [-0.39, 0.29) is 5.41 Å². The van der Waals surface area contributed by atoms with Crippen LogP contribution in [0.5, 0.6) is 0 Å². The summed E-state index contributed by atoms with van der Waals surface area (Å²) in [5, 5.41) is 8.97. The fourth-order valence-electron chi connectivity index (χ4n) is 3.34. The van der Waals surface area contributed by atoms with Crippen LogP contribution in [-0.2, 0) is 4.79 Å². The van der Waals surface area contributed by atoms with Gasteiger partial charge in [-0.2, -0.15) is 0 Å². The zero-order chi connectivity index (χ0) is 13.3. The quantitative estimate of drug-likeness (QED) is 0.884. The van der Waals surface area contributed by atoms with E-state index in [2.05, 4.69) is 35.2 Å². The number of aliphatic carboxylic acids is 1. The van der Waals surface area contributed by atoms with Crippen LogP contribution in [0.3, 0.4) is 0 Å². The average molecular weight is 259 g/mol. The van der Waals surface area contributed by atoms with Crippen molar-refractivity contribution in [2.75, 3.05) is 19.6 Å². The lowest BCUT2D eigenvalue weighted by molar-refractivity contribution is -0.138. The summed E-state index contributed by atoms with van der Waals surface area (Å²) in [5.74, 6) is -0.0156. The number of carbonyl (C=O) groups is 1. The van der Waals surface area contributed by atoms with E-state index in [0.29, 0.717) is 12.3 Å². The summed E-state index contributed by atoms with van der Waals surface area (Å²) in [4.78, 5) is 13.4.